The highest BCUT2D eigenvalue weighted by Crippen LogP contribution is 2.22. The number of piperazine rings is 1. The Hall–Kier alpha value is -2.54. The number of aromatic nitrogens is 1. The van der Waals surface area contributed by atoms with Gasteiger partial charge in [-0.3, -0.25) is 9.88 Å². The van der Waals surface area contributed by atoms with Gasteiger partial charge in [0.25, 0.3) is 0 Å². The Kier molecular flexibility index (Phi) is 4.71. The van der Waals surface area contributed by atoms with E-state index in [-0.39, 0.29) is 11.3 Å². The van der Waals surface area contributed by atoms with Crippen molar-refractivity contribution in [1.82, 2.24) is 9.88 Å². The maximum atomic E-state index is 13.8. The van der Waals surface area contributed by atoms with Gasteiger partial charge in [0, 0.05) is 45.0 Å². The summed E-state index contributed by atoms with van der Waals surface area (Å²) in [4.78, 5) is 19.2. The molecule has 5 nitrogen and oxygen atoms in total. The van der Waals surface area contributed by atoms with E-state index in [0.29, 0.717) is 38.4 Å². The first-order chi connectivity index (χ1) is 11.5. The molecule has 1 fully saturated rings. The molecule has 3 rings (SSSR count). The van der Waals surface area contributed by atoms with Crippen LogP contribution in [0, 0.1) is 11.6 Å². The first-order valence-electron chi connectivity index (χ1n) is 7.64. The Morgan fingerprint density at radius 1 is 1.17 bits per heavy atom. The molecule has 0 radical (unpaired) electrons. The Balaban J connectivity index is 1.66. The molecule has 1 N–H and O–H groups in total. The van der Waals surface area contributed by atoms with Gasteiger partial charge in [0.05, 0.1) is 16.9 Å². The SMILES string of the molecule is O=C(O)c1cccnc1CN1CCN(c2cc(F)ccc2F)CC1. The summed E-state index contributed by atoms with van der Waals surface area (Å²) >= 11 is 0. The van der Waals surface area contributed by atoms with Crippen molar-refractivity contribution in [3.05, 3.63) is 59.4 Å². The standard InChI is InChI=1S/C17H17F2N3O2/c18-12-3-4-14(19)16(10-12)22-8-6-21(7-9-22)11-15-13(17(23)24)2-1-5-20-15/h1-5,10H,6-9,11H2,(H,23,24). The zero-order chi connectivity index (χ0) is 17.1. The lowest BCUT2D eigenvalue weighted by Gasteiger charge is -2.36. The van der Waals surface area contributed by atoms with Crippen molar-refractivity contribution in [2.45, 2.75) is 6.54 Å². The fourth-order valence-electron chi connectivity index (χ4n) is 2.85. The first kappa shape index (κ1) is 16.3. The number of hydrogen-bond donors (Lipinski definition) is 1. The van der Waals surface area contributed by atoms with Crippen molar-refractivity contribution in [1.29, 1.82) is 0 Å². The van der Waals surface area contributed by atoms with E-state index in [4.69, 9.17) is 0 Å². The van der Waals surface area contributed by atoms with Crippen LogP contribution in [0.1, 0.15) is 16.1 Å². The number of carboxylic acid groups (broad SMARTS) is 1. The summed E-state index contributed by atoms with van der Waals surface area (Å²) in [5, 5.41) is 9.20. The number of carboxylic acids is 1. The lowest BCUT2D eigenvalue weighted by atomic mass is 10.1. The molecule has 0 spiro atoms. The summed E-state index contributed by atoms with van der Waals surface area (Å²) in [7, 11) is 0. The van der Waals surface area contributed by atoms with Crippen LogP contribution in [0.2, 0.25) is 0 Å². The number of carbonyl (C=O) groups is 1. The molecule has 2 heterocycles. The smallest absolute Gasteiger partial charge is 0.337 e. The van der Waals surface area contributed by atoms with Gasteiger partial charge in [0.15, 0.2) is 0 Å². The molecule has 0 aliphatic carbocycles. The Morgan fingerprint density at radius 2 is 1.92 bits per heavy atom. The molecule has 126 valence electrons. The fraction of sp³-hybridized carbons (Fsp3) is 0.294. The largest absolute Gasteiger partial charge is 0.478 e. The minimum atomic E-state index is -1.00. The molecular weight excluding hydrogens is 316 g/mol. The van der Waals surface area contributed by atoms with Crippen molar-refractivity contribution in [3.63, 3.8) is 0 Å². The van der Waals surface area contributed by atoms with Crippen LogP contribution in [0.4, 0.5) is 14.5 Å². The maximum absolute atomic E-state index is 13.8. The van der Waals surface area contributed by atoms with Crippen LogP contribution in [0.3, 0.4) is 0 Å². The van der Waals surface area contributed by atoms with E-state index in [9.17, 15) is 18.7 Å². The third kappa shape index (κ3) is 3.51. The van der Waals surface area contributed by atoms with Crippen molar-refractivity contribution in [2.75, 3.05) is 31.1 Å². The van der Waals surface area contributed by atoms with Gasteiger partial charge in [-0.05, 0) is 24.3 Å². The number of aromatic carboxylic acids is 1. The number of anilines is 1. The molecule has 1 aromatic heterocycles. The quantitative estimate of drug-likeness (QED) is 0.931. The van der Waals surface area contributed by atoms with Gasteiger partial charge in [0.1, 0.15) is 11.6 Å². The molecule has 0 unspecified atom stereocenters. The van der Waals surface area contributed by atoms with Gasteiger partial charge in [0.2, 0.25) is 0 Å². The van der Waals surface area contributed by atoms with Crippen molar-refractivity contribution in [3.8, 4) is 0 Å². The predicted octanol–water partition coefficient (Wildman–Crippen LogP) is 2.38. The fourth-order valence-corrected chi connectivity index (χ4v) is 2.85. The number of nitrogens with zero attached hydrogens (tertiary/aromatic N) is 3. The minimum absolute atomic E-state index is 0.191. The van der Waals surface area contributed by atoms with Gasteiger partial charge >= 0.3 is 5.97 Å². The molecule has 7 heteroatoms. The highest BCUT2D eigenvalue weighted by molar-refractivity contribution is 5.88. The van der Waals surface area contributed by atoms with Crippen LogP contribution < -0.4 is 4.90 Å². The molecule has 1 aliphatic rings. The van der Waals surface area contributed by atoms with E-state index in [1.54, 1.807) is 17.2 Å². The van der Waals surface area contributed by atoms with E-state index in [1.165, 1.54) is 12.1 Å². The van der Waals surface area contributed by atoms with Crippen LogP contribution >= 0.6 is 0 Å². The van der Waals surface area contributed by atoms with Crippen LogP contribution in [0.15, 0.2) is 36.5 Å². The second-order valence-electron chi connectivity index (χ2n) is 5.66. The third-order valence-corrected chi connectivity index (χ3v) is 4.12. The highest BCUT2D eigenvalue weighted by Gasteiger charge is 2.22. The number of benzene rings is 1. The van der Waals surface area contributed by atoms with Gasteiger partial charge in [-0.2, -0.15) is 0 Å². The van der Waals surface area contributed by atoms with Crippen LogP contribution in [-0.2, 0) is 6.54 Å². The molecule has 1 aliphatic heterocycles. The lowest BCUT2D eigenvalue weighted by molar-refractivity contribution is 0.0693. The predicted molar refractivity (Wildman–Crippen MR) is 85.0 cm³/mol. The average Bonchev–Trinajstić information content (AvgIpc) is 2.58. The summed E-state index contributed by atoms with van der Waals surface area (Å²) in [5.41, 5.74) is 0.963. The zero-order valence-electron chi connectivity index (χ0n) is 13.0. The summed E-state index contributed by atoms with van der Waals surface area (Å²) in [6.07, 6.45) is 1.57. The topological polar surface area (TPSA) is 56.7 Å². The number of halogens is 2. The van der Waals surface area contributed by atoms with Crippen molar-refractivity contribution >= 4 is 11.7 Å². The van der Waals surface area contributed by atoms with E-state index in [0.717, 1.165) is 12.1 Å². The molecule has 1 aromatic carbocycles. The molecule has 2 aromatic rings. The van der Waals surface area contributed by atoms with E-state index >= 15 is 0 Å². The molecule has 0 atom stereocenters. The van der Waals surface area contributed by atoms with Gasteiger partial charge < -0.3 is 10.0 Å². The van der Waals surface area contributed by atoms with E-state index in [2.05, 4.69) is 9.88 Å². The van der Waals surface area contributed by atoms with Crippen molar-refractivity contribution in [2.24, 2.45) is 0 Å². The normalized spacial score (nSPS) is 15.5. The molecule has 0 saturated carbocycles. The number of rotatable bonds is 4. The second kappa shape index (κ2) is 6.92. The summed E-state index contributed by atoms with van der Waals surface area (Å²) in [5.74, 6) is -1.91. The minimum Gasteiger partial charge on any atom is -0.478 e. The molecule has 24 heavy (non-hydrogen) atoms. The van der Waals surface area contributed by atoms with Crippen LogP contribution in [0.25, 0.3) is 0 Å². The molecule has 0 bridgehead atoms. The number of hydrogen-bond acceptors (Lipinski definition) is 4. The average molecular weight is 333 g/mol. The van der Waals surface area contributed by atoms with E-state index in [1.807, 2.05) is 0 Å². The van der Waals surface area contributed by atoms with E-state index < -0.39 is 17.6 Å². The van der Waals surface area contributed by atoms with Crippen LogP contribution in [-0.4, -0.2) is 47.1 Å². The van der Waals surface area contributed by atoms with Gasteiger partial charge in [-0.25, -0.2) is 13.6 Å². The summed E-state index contributed by atoms with van der Waals surface area (Å²) < 4.78 is 27.2. The van der Waals surface area contributed by atoms with Gasteiger partial charge in [-0.1, -0.05) is 0 Å². The molecular formula is C17H17F2N3O2. The summed E-state index contributed by atoms with van der Waals surface area (Å²) in [6.45, 7) is 2.73. The molecule has 0 amide bonds. The lowest BCUT2D eigenvalue weighted by Crippen LogP contribution is -2.46. The number of pyridine rings is 1. The third-order valence-electron chi connectivity index (χ3n) is 4.12. The summed E-state index contributed by atoms with van der Waals surface area (Å²) in [6, 6.07) is 6.56. The monoisotopic (exact) mass is 333 g/mol. The maximum Gasteiger partial charge on any atom is 0.337 e. The zero-order valence-corrected chi connectivity index (χ0v) is 13.0. The Bertz CT molecular complexity index is 746. The first-order valence-corrected chi connectivity index (χ1v) is 7.64. The Labute approximate surface area is 138 Å². The van der Waals surface area contributed by atoms with Crippen LogP contribution in [0.5, 0.6) is 0 Å². The highest BCUT2D eigenvalue weighted by atomic mass is 19.1. The molecule has 1 saturated heterocycles. The van der Waals surface area contributed by atoms with Gasteiger partial charge in [-0.15, -0.1) is 0 Å². The second-order valence-corrected chi connectivity index (χ2v) is 5.66. The van der Waals surface area contributed by atoms with Crippen molar-refractivity contribution < 1.29 is 18.7 Å². The Morgan fingerprint density at radius 3 is 2.62 bits per heavy atom.